The van der Waals surface area contributed by atoms with Crippen LogP contribution in [0.2, 0.25) is 0 Å². The molecule has 1 aliphatic rings. The van der Waals surface area contributed by atoms with Crippen LogP contribution >= 0.6 is 30.1 Å². The highest BCUT2D eigenvalue weighted by atomic mass is 35.8. The smallest absolute Gasteiger partial charge is 0.339 e. The third-order valence-corrected chi connectivity index (χ3v) is 4.60. The van der Waals surface area contributed by atoms with Gasteiger partial charge in [-0.15, -0.1) is 0 Å². The zero-order chi connectivity index (χ0) is 20.3. The summed E-state index contributed by atoms with van der Waals surface area (Å²) in [6, 6.07) is 9.04. The van der Waals surface area contributed by atoms with E-state index in [1.807, 2.05) is 0 Å². The predicted molar refractivity (Wildman–Crippen MR) is 123 cm³/mol. The number of rotatable bonds is 2. The molecule has 2 aromatic carbocycles. The molecule has 0 aliphatic carbocycles. The van der Waals surface area contributed by atoms with Gasteiger partial charge in [-0.3, -0.25) is 0 Å². The Morgan fingerprint density at radius 3 is 1.19 bits per heavy atom. The Morgan fingerprint density at radius 2 is 0.926 bits per heavy atom. The first-order chi connectivity index (χ1) is 12.6. The minimum absolute atomic E-state index is 0.984. The van der Waals surface area contributed by atoms with Crippen LogP contribution in [-0.2, 0) is 0 Å². The minimum atomic E-state index is -1.72. The average Bonchev–Trinajstić information content (AvgIpc) is 2.93. The second kappa shape index (κ2) is 9.77. The van der Waals surface area contributed by atoms with Crippen molar-refractivity contribution < 1.29 is 0 Å². The maximum absolute atomic E-state index is 4.94. The van der Waals surface area contributed by atoms with Crippen LogP contribution in [0.25, 0.3) is 0 Å². The maximum Gasteiger partial charge on any atom is 0.643 e. The highest BCUT2D eigenvalue weighted by molar-refractivity contribution is 7.54. The van der Waals surface area contributed by atoms with Crippen LogP contribution in [0.15, 0.2) is 24.3 Å². The predicted octanol–water partition coefficient (Wildman–Crippen LogP) is 6.55. The lowest BCUT2D eigenvalue weighted by Gasteiger charge is -2.25. The normalized spacial score (nSPS) is 13.5. The molecular weight excluding hydrogens is 414 g/mol. The van der Waals surface area contributed by atoms with Gasteiger partial charge in [0.2, 0.25) is 6.67 Å². The standard InChI is InChI=1S/C21H26N2.Al.3ClH/c1-14-9-16(3)20(17(4)10-14)22-7-8-23(13-22)21-18(5)11-15(2)12-19(21)6;;;;/h9-12H,7-8H2,1-6H3;;3*1H/q;+3;;;/p-3. The van der Waals surface area contributed by atoms with Crippen molar-refractivity contribution in [3.05, 3.63) is 64.3 Å². The highest BCUT2D eigenvalue weighted by Crippen LogP contribution is 2.34. The molecule has 0 aromatic heterocycles. The first-order valence-electron chi connectivity index (χ1n) is 8.99. The van der Waals surface area contributed by atoms with Crippen molar-refractivity contribution in [2.24, 2.45) is 0 Å². The fourth-order valence-electron chi connectivity index (χ4n) is 3.97. The number of aryl methyl sites for hydroxylation is 6. The third-order valence-electron chi connectivity index (χ3n) is 4.60. The summed E-state index contributed by atoms with van der Waals surface area (Å²) in [5.74, 6) is 0. The lowest BCUT2D eigenvalue weighted by molar-refractivity contribution is 1.01. The topological polar surface area (TPSA) is 6.48 Å². The van der Waals surface area contributed by atoms with E-state index in [0.29, 0.717) is 0 Å². The molecule has 2 nitrogen and oxygen atoms in total. The van der Waals surface area contributed by atoms with E-state index in [0.717, 1.165) is 13.1 Å². The van der Waals surface area contributed by atoms with E-state index >= 15 is 0 Å². The molecule has 27 heavy (non-hydrogen) atoms. The molecule has 1 saturated heterocycles. The number of halogens is 3. The van der Waals surface area contributed by atoms with Gasteiger partial charge >= 0.3 is 11.4 Å². The molecule has 2 radical (unpaired) electrons. The Kier molecular flexibility index (Phi) is 8.22. The Morgan fingerprint density at radius 1 is 0.667 bits per heavy atom. The molecule has 0 N–H and O–H groups in total. The van der Waals surface area contributed by atoms with Crippen LogP contribution in [0, 0.1) is 48.2 Å². The monoisotopic (exact) mass is 438 g/mol. The Hall–Kier alpha value is -0.558. The first kappa shape index (κ1) is 22.7. The molecular formula is C21H26AlCl3N2. The molecule has 0 unspecified atom stereocenters. The van der Waals surface area contributed by atoms with Gasteiger partial charge in [-0.25, -0.2) is 30.1 Å². The fourth-order valence-corrected chi connectivity index (χ4v) is 3.97. The van der Waals surface area contributed by atoms with Crippen molar-refractivity contribution in [2.75, 3.05) is 22.9 Å². The average molecular weight is 440 g/mol. The maximum atomic E-state index is 4.94. The Labute approximate surface area is 181 Å². The van der Waals surface area contributed by atoms with E-state index in [2.05, 4.69) is 82.3 Å². The summed E-state index contributed by atoms with van der Waals surface area (Å²) in [5, 5.41) is 0. The summed E-state index contributed by atoms with van der Waals surface area (Å²) < 4.78 is 0. The molecule has 0 bridgehead atoms. The third kappa shape index (κ3) is 5.96. The minimum Gasteiger partial charge on any atom is -0.339 e. The number of hydrogen-bond donors (Lipinski definition) is 0. The molecule has 144 valence electrons. The zero-order valence-corrected chi connectivity index (χ0v) is 20.3. The van der Waals surface area contributed by atoms with Crippen molar-refractivity contribution in [3.8, 4) is 0 Å². The van der Waals surface area contributed by atoms with Gasteiger partial charge in [0.25, 0.3) is 0 Å². The molecule has 6 heteroatoms. The van der Waals surface area contributed by atoms with Gasteiger partial charge < -0.3 is 9.80 Å². The highest BCUT2D eigenvalue weighted by Gasteiger charge is 2.26. The molecule has 2 aromatic rings. The molecule has 1 fully saturated rings. The number of hydrogen-bond acceptors (Lipinski definition) is 2. The van der Waals surface area contributed by atoms with Crippen LogP contribution in [0.1, 0.15) is 33.4 Å². The van der Waals surface area contributed by atoms with Gasteiger partial charge in [0.05, 0.1) is 0 Å². The lowest BCUT2D eigenvalue weighted by atomic mass is 10.0. The molecule has 1 heterocycles. The largest absolute Gasteiger partial charge is 0.643 e. The second-order valence-electron chi connectivity index (χ2n) is 7.15. The summed E-state index contributed by atoms with van der Waals surface area (Å²) in [6.45, 7) is 18.7. The van der Waals surface area contributed by atoms with Crippen LogP contribution < -0.4 is 9.80 Å². The summed E-state index contributed by atoms with van der Waals surface area (Å²) in [6.07, 6.45) is 0. The summed E-state index contributed by atoms with van der Waals surface area (Å²) in [5.41, 5.74) is 10.6. The fraction of sp³-hybridized carbons (Fsp3) is 0.381. The molecule has 0 saturated carbocycles. The van der Waals surface area contributed by atoms with Crippen molar-refractivity contribution in [1.82, 2.24) is 0 Å². The van der Waals surface area contributed by atoms with E-state index < -0.39 is 11.4 Å². The van der Waals surface area contributed by atoms with Crippen LogP contribution in [0.4, 0.5) is 11.4 Å². The van der Waals surface area contributed by atoms with Crippen molar-refractivity contribution >= 4 is 52.9 Å². The van der Waals surface area contributed by atoms with E-state index in [-0.39, 0.29) is 0 Å². The molecule has 3 rings (SSSR count). The lowest BCUT2D eigenvalue weighted by Crippen LogP contribution is -2.21. The number of anilines is 2. The van der Waals surface area contributed by atoms with E-state index in [1.54, 1.807) is 0 Å². The first-order valence-corrected chi connectivity index (χ1v) is 14.2. The van der Waals surface area contributed by atoms with Crippen LogP contribution in [0.5, 0.6) is 0 Å². The molecule has 1 aliphatic heterocycles. The molecule has 0 atom stereocenters. The van der Waals surface area contributed by atoms with Crippen molar-refractivity contribution in [1.29, 1.82) is 0 Å². The van der Waals surface area contributed by atoms with E-state index in [9.17, 15) is 0 Å². The van der Waals surface area contributed by atoms with Crippen LogP contribution in [-0.4, -0.2) is 24.5 Å². The Balaban J connectivity index is 0.000000596. The summed E-state index contributed by atoms with van der Waals surface area (Å²) >= 11 is -1.72. The van der Waals surface area contributed by atoms with Gasteiger partial charge in [0, 0.05) is 24.5 Å². The SMILES string of the molecule is Cc1cc(C)c(N2[C]N(c3c(C)cc(C)cc3C)CC2)c(C)c1.[Cl][Al]([Cl])[Cl]. The van der Waals surface area contributed by atoms with E-state index in [1.165, 1.54) is 44.8 Å². The molecule has 0 spiro atoms. The van der Waals surface area contributed by atoms with E-state index in [4.69, 9.17) is 30.1 Å². The number of nitrogens with zero attached hydrogens (tertiary/aromatic N) is 2. The second-order valence-corrected chi connectivity index (χ2v) is 13.6. The summed E-state index contributed by atoms with van der Waals surface area (Å²) in [7, 11) is 14.8. The van der Waals surface area contributed by atoms with Gasteiger partial charge in [-0.1, -0.05) is 35.4 Å². The van der Waals surface area contributed by atoms with Crippen LogP contribution in [0.3, 0.4) is 0 Å². The molecule has 0 amide bonds. The quantitative estimate of drug-likeness (QED) is 0.490. The summed E-state index contributed by atoms with van der Waals surface area (Å²) in [4.78, 5) is 4.56. The zero-order valence-electron chi connectivity index (χ0n) is 16.8. The van der Waals surface area contributed by atoms with Gasteiger partial charge in [-0.2, -0.15) is 0 Å². The van der Waals surface area contributed by atoms with Gasteiger partial charge in [0.1, 0.15) is 0 Å². The number of benzene rings is 2. The van der Waals surface area contributed by atoms with Gasteiger partial charge in [-0.05, 0) is 63.8 Å². The van der Waals surface area contributed by atoms with Crippen molar-refractivity contribution in [3.63, 3.8) is 0 Å². The van der Waals surface area contributed by atoms with Crippen molar-refractivity contribution in [2.45, 2.75) is 41.5 Å². The van der Waals surface area contributed by atoms with Gasteiger partial charge in [0.15, 0.2) is 0 Å². The Bertz CT molecular complexity index is 696.